The van der Waals surface area contributed by atoms with E-state index in [1.165, 1.54) is 50.0 Å². The van der Waals surface area contributed by atoms with Crippen molar-refractivity contribution in [2.45, 2.75) is 58.9 Å². The highest BCUT2D eigenvalue weighted by Gasteiger charge is 2.19. The second kappa shape index (κ2) is 10.4. The van der Waals surface area contributed by atoms with Gasteiger partial charge in [0, 0.05) is 38.1 Å². The van der Waals surface area contributed by atoms with Crippen LogP contribution in [0.4, 0.5) is 0 Å². The molecule has 1 aliphatic rings. The molecular weight excluding hydrogens is 308 g/mol. The number of benzene rings is 1. The molecule has 2 N–H and O–H groups in total. The van der Waals surface area contributed by atoms with Gasteiger partial charge in [0.2, 0.25) is 0 Å². The number of rotatable bonds is 7. The largest absolute Gasteiger partial charge is 0.357 e. The molecule has 1 aliphatic heterocycles. The topological polar surface area (TPSA) is 39.7 Å². The van der Waals surface area contributed by atoms with Crippen molar-refractivity contribution < 1.29 is 0 Å². The zero-order valence-electron chi connectivity index (χ0n) is 16.5. The van der Waals surface area contributed by atoms with Crippen molar-refractivity contribution in [3.8, 4) is 0 Å². The van der Waals surface area contributed by atoms with Gasteiger partial charge < -0.3 is 15.5 Å². The fourth-order valence-corrected chi connectivity index (χ4v) is 3.44. The monoisotopic (exact) mass is 344 g/mol. The van der Waals surface area contributed by atoms with Crippen molar-refractivity contribution in [3.05, 3.63) is 35.4 Å². The molecule has 0 amide bonds. The highest BCUT2D eigenvalue weighted by Crippen LogP contribution is 2.17. The Morgan fingerprint density at radius 2 is 2.04 bits per heavy atom. The van der Waals surface area contributed by atoms with Crippen molar-refractivity contribution in [2.24, 2.45) is 4.99 Å². The van der Waals surface area contributed by atoms with Gasteiger partial charge in [-0.2, -0.15) is 0 Å². The summed E-state index contributed by atoms with van der Waals surface area (Å²) in [6.07, 6.45) is 3.66. The predicted octanol–water partition coefficient (Wildman–Crippen LogP) is 3.53. The third kappa shape index (κ3) is 6.69. The lowest BCUT2D eigenvalue weighted by atomic mass is 10.00. The first-order valence-corrected chi connectivity index (χ1v) is 9.96. The molecule has 1 unspecified atom stereocenters. The van der Waals surface area contributed by atoms with Gasteiger partial charge in [0.15, 0.2) is 5.96 Å². The van der Waals surface area contributed by atoms with Gasteiger partial charge in [-0.3, -0.25) is 4.99 Å². The van der Waals surface area contributed by atoms with E-state index in [-0.39, 0.29) is 0 Å². The molecule has 4 heteroatoms. The third-order valence-corrected chi connectivity index (χ3v) is 4.95. The summed E-state index contributed by atoms with van der Waals surface area (Å²) >= 11 is 0. The maximum absolute atomic E-state index is 4.85. The number of piperidine rings is 1. The minimum Gasteiger partial charge on any atom is -0.357 e. The minimum atomic E-state index is 0.432. The van der Waals surface area contributed by atoms with E-state index >= 15 is 0 Å². The van der Waals surface area contributed by atoms with Gasteiger partial charge in [0.25, 0.3) is 0 Å². The molecule has 4 nitrogen and oxygen atoms in total. The van der Waals surface area contributed by atoms with Crippen LogP contribution in [0.3, 0.4) is 0 Å². The van der Waals surface area contributed by atoms with E-state index in [4.69, 9.17) is 4.99 Å². The van der Waals surface area contributed by atoms with Crippen LogP contribution >= 0.6 is 0 Å². The number of aliphatic imine (C=N–C) groups is 1. The van der Waals surface area contributed by atoms with E-state index in [1.54, 1.807) is 0 Å². The predicted molar refractivity (Wildman–Crippen MR) is 108 cm³/mol. The molecule has 1 aromatic carbocycles. The summed E-state index contributed by atoms with van der Waals surface area (Å²) in [5.74, 6) is 1.40. The van der Waals surface area contributed by atoms with Gasteiger partial charge in [-0.15, -0.1) is 0 Å². The molecule has 0 radical (unpaired) electrons. The van der Waals surface area contributed by atoms with Crippen molar-refractivity contribution in [1.82, 2.24) is 15.5 Å². The lowest BCUT2D eigenvalue weighted by molar-refractivity contribution is 0.206. The van der Waals surface area contributed by atoms with Gasteiger partial charge in [0.05, 0.1) is 0 Å². The average Bonchev–Trinajstić information content (AvgIpc) is 2.61. The summed E-state index contributed by atoms with van der Waals surface area (Å²) < 4.78 is 0. The Morgan fingerprint density at radius 3 is 2.68 bits per heavy atom. The Labute approximate surface area is 154 Å². The summed E-state index contributed by atoms with van der Waals surface area (Å²) in [7, 11) is 0. The fraction of sp³-hybridized carbons (Fsp3) is 0.667. The van der Waals surface area contributed by atoms with E-state index in [0.717, 1.165) is 19.0 Å². The first-order valence-electron chi connectivity index (χ1n) is 9.96. The maximum atomic E-state index is 4.85. The van der Waals surface area contributed by atoms with Gasteiger partial charge in [-0.05, 0) is 45.2 Å². The lowest BCUT2D eigenvalue weighted by Gasteiger charge is -2.32. The summed E-state index contributed by atoms with van der Waals surface area (Å²) in [4.78, 5) is 7.42. The van der Waals surface area contributed by atoms with E-state index < -0.39 is 0 Å². The summed E-state index contributed by atoms with van der Waals surface area (Å²) in [6.45, 7) is 14.1. The van der Waals surface area contributed by atoms with Crippen LogP contribution < -0.4 is 10.6 Å². The molecule has 0 aliphatic carbocycles. The van der Waals surface area contributed by atoms with Crippen LogP contribution in [0, 0.1) is 6.92 Å². The summed E-state index contributed by atoms with van der Waals surface area (Å²) in [5, 5.41) is 7.06. The number of nitrogens with zero attached hydrogens (tertiary/aromatic N) is 2. The van der Waals surface area contributed by atoms with Crippen molar-refractivity contribution in [1.29, 1.82) is 0 Å². The van der Waals surface area contributed by atoms with Crippen molar-refractivity contribution in [3.63, 3.8) is 0 Å². The molecule has 25 heavy (non-hydrogen) atoms. The smallest absolute Gasteiger partial charge is 0.191 e. The van der Waals surface area contributed by atoms with Crippen LogP contribution in [0.25, 0.3) is 0 Å². The highest BCUT2D eigenvalue weighted by molar-refractivity contribution is 5.80. The van der Waals surface area contributed by atoms with Crippen LogP contribution in [0.5, 0.6) is 0 Å². The Morgan fingerprint density at radius 1 is 1.28 bits per heavy atom. The number of likely N-dealkylation sites (tertiary alicyclic amines) is 1. The van der Waals surface area contributed by atoms with Gasteiger partial charge in [-0.25, -0.2) is 0 Å². The molecule has 1 heterocycles. The quantitative estimate of drug-likeness (QED) is 0.587. The average molecular weight is 345 g/mol. The number of guanidine groups is 1. The number of hydrogen-bond donors (Lipinski definition) is 2. The zero-order valence-corrected chi connectivity index (χ0v) is 16.5. The first kappa shape index (κ1) is 19.8. The number of nitrogens with one attached hydrogen (secondary N) is 2. The first-order chi connectivity index (χ1) is 12.1. The number of hydrogen-bond acceptors (Lipinski definition) is 2. The molecule has 0 bridgehead atoms. The molecule has 0 aromatic heterocycles. The van der Waals surface area contributed by atoms with Crippen molar-refractivity contribution in [2.75, 3.05) is 32.7 Å². The second-order valence-electron chi connectivity index (χ2n) is 7.30. The zero-order chi connectivity index (χ0) is 18.1. The van der Waals surface area contributed by atoms with E-state index in [2.05, 4.69) is 67.5 Å². The van der Waals surface area contributed by atoms with Gasteiger partial charge in [0.1, 0.15) is 0 Å². The van der Waals surface area contributed by atoms with Crippen LogP contribution in [-0.4, -0.2) is 49.6 Å². The van der Waals surface area contributed by atoms with Crippen LogP contribution in [0.2, 0.25) is 0 Å². The summed E-state index contributed by atoms with van der Waals surface area (Å²) in [6, 6.07) is 9.30. The standard InChI is InChI=1S/C21H36N4/c1-5-12-25-13-10-20(11-14-25)24-21(22-6-2)23-16-18(4)19-9-7-8-17(3)15-19/h7-9,15,18,20H,5-6,10-14,16H2,1-4H3,(H2,22,23,24). The Balaban J connectivity index is 1.88. The van der Waals surface area contributed by atoms with Gasteiger partial charge >= 0.3 is 0 Å². The molecular formula is C21H36N4. The summed E-state index contributed by atoms with van der Waals surface area (Å²) in [5.41, 5.74) is 2.68. The van der Waals surface area contributed by atoms with Crippen LogP contribution in [0.1, 0.15) is 57.1 Å². The van der Waals surface area contributed by atoms with Crippen LogP contribution in [0.15, 0.2) is 29.3 Å². The molecule has 0 spiro atoms. The van der Waals surface area contributed by atoms with Crippen molar-refractivity contribution >= 4 is 5.96 Å². The molecule has 1 atom stereocenters. The Kier molecular flexibility index (Phi) is 8.26. The SMILES string of the molecule is CCCN1CCC(NC(=NCC(C)c2cccc(C)c2)NCC)CC1. The number of aryl methyl sites for hydroxylation is 1. The maximum Gasteiger partial charge on any atom is 0.191 e. The van der Waals surface area contributed by atoms with Gasteiger partial charge in [-0.1, -0.05) is 43.7 Å². The second-order valence-corrected chi connectivity index (χ2v) is 7.30. The molecule has 1 fully saturated rings. The molecule has 1 saturated heterocycles. The molecule has 1 aromatic rings. The third-order valence-electron chi connectivity index (χ3n) is 4.95. The highest BCUT2D eigenvalue weighted by atomic mass is 15.2. The normalized spacial score (nSPS) is 18.2. The van der Waals surface area contributed by atoms with E-state index in [0.29, 0.717) is 12.0 Å². The lowest BCUT2D eigenvalue weighted by Crippen LogP contribution is -2.48. The Bertz CT molecular complexity index is 532. The molecule has 140 valence electrons. The van der Waals surface area contributed by atoms with E-state index in [9.17, 15) is 0 Å². The fourth-order valence-electron chi connectivity index (χ4n) is 3.44. The minimum absolute atomic E-state index is 0.432. The molecule has 2 rings (SSSR count). The van der Waals surface area contributed by atoms with Crippen LogP contribution in [-0.2, 0) is 0 Å². The Hall–Kier alpha value is -1.55. The van der Waals surface area contributed by atoms with E-state index in [1.807, 2.05) is 0 Å². The molecule has 0 saturated carbocycles.